The van der Waals surface area contributed by atoms with Crippen LogP contribution in [0.4, 0.5) is 0 Å². The zero-order chi connectivity index (χ0) is 17.5. The van der Waals surface area contributed by atoms with Crippen molar-refractivity contribution in [2.45, 2.75) is 70.6 Å². The first-order chi connectivity index (χ1) is 10.5. The molecular weight excluding hydrogens is 297 g/mol. The zero-order valence-corrected chi connectivity index (χ0v) is 14.8. The third-order valence-corrected chi connectivity index (χ3v) is 5.10. The maximum absolute atomic E-state index is 12.1. The van der Waals surface area contributed by atoms with Gasteiger partial charge in [0.25, 0.3) is 0 Å². The van der Waals surface area contributed by atoms with Gasteiger partial charge in [-0.25, -0.2) is 4.79 Å². The molecule has 0 spiro atoms. The molecule has 0 aromatic rings. The van der Waals surface area contributed by atoms with Crippen LogP contribution in [-0.2, 0) is 23.6 Å². The fourth-order valence-corrected chi connectivity index (χ4v) is 2.96. The lowest BCUT2D eigenvalue weighted by atomic mass is 9.68. The molecule has 1 N–H and O–H groups in total. The molecule has 1 fully saturated rings. The normalized spacial score (nSPS) is 29.0. The maximum atomic E-state index is 12.1. The number of amides is 1. The Morgan fingerprint density at radius 1 is 1.22 bits per heavy atom. The van der Waals surface area contributed by atoms with Crippen molar-refractivity contribution >= 4 is 19.0 Å². The van der Waals surface area contributed by atoms with Gasteiger partial charge >= 0.3 is 13.1 Å². The lowest BCUT2D eigenvalue weighted by molar-refractivity contribution is -0.151. The van der Waals surface area contributed by atoms with Crippen LogP contribution in [0, 0.1) is 0 Å². The van der Waals surface area contributed by atoms with Gasteiger partial charge in [0.2, 0.25) is 5.91 Å². The Balaban J connectivity index is 2.17. The number of esters is 1. The fourth-order valence-electron chi connectivity index (χ4n) is 2.96. The summed E-state index contributed by atoms with van der Waals surface area (Å²) in [5.74, 6) is -0.667. The fraction of sp³-hybridized carbons (Fsp3) is 0.750. The predicted octanol–water partition coefficient (Wildman–Crippen LogP) is 1.78. The molecule has 23 heavy (non-hydrogen) atoms. The summed E-state index contributed by atoms with van der Waals surface area (Å²) in [5, 5.41) is 2.75. The van der Waals surface area contributed by atoms with E-state index in [0.717, 1.165) is 5.47 Å². The van der Waals surface area contributed by atoms with E-state index in [1.807, 2.05) is 33.8 Å². The van der Waals surface area contributed by atoms with Gasteiger partial charge in [-0.15, -0.1) is 0 Å². The second-order valence-corrected chi connectivity index (χ2v) is 7.33. The summed E-state index contributed by atoms with van der Waals surface area (Å²) in [7, 11) is 0.923. The highest BCUT2D eigenvalue weighted by Crippen LogP contribution is 2.41. The van der Waals surface area contributed by atoms with E-state index >= 15 is 0 Å². The highest BCUT2D eigenvalue weighted by atomic mass is 16.7. The Labute approximate surface area is 138 Å². The molecule has 1 saturated heterocycles. The van der Waals surface area contributed by atoms with E-state index in [0.29, 0.717) is 19.3 Å². The van der Waals surface area contributed by atoms with Crippen molar-refractivity contribution < 1.29 is 23.6 Å². The summed E-state index contributed by atoms with van der Waals surface area (Å²) >= 11 is 0. The number of methoxy groups -OCH3 is 1. The van der Waals surface area contributed by atoms with E-state index < -0.39 is 29.8 Å². The quantitative estimate of drug-likeness (QED) is 0.633. The predicted molar refractivity (Wildman–Crippen MR) is 86.6 cm³/mol. The Hall–Kier alpha value is -1.34. The number of carbonyl (C=O) groups is 2. The molecule has 7 heteroatoms. The highest BCUT2D eigenvalue weighted by molar-refractivity contribution is 6.54. The van der Waals surface area contributed by atoms with Gasteiger partial charge in [-0.1, -0.05) is 6.08 Å². The van der Waals surface area contributed by atoms with Crippen LogP contribution in [0.2, 0.25) is 0 Å². The van der Waals surface area contributed by atoms with E-state index in [1.54, 1.807) is 0 Å². The van der Waals surface area contributed by atoms with Crippen molar-refractivity contribution in [1.29, 1.82) is 0 Å². The van der Waals surface area contributed by atoms with Gasteiger partial charge in [-0.3, -0.25) is 4.79 Å². The molecule has 0 aromatic carbocycles. The Morgan fingerprint density at radius 3 is 2.17 bits per heavy atom. The molecule has 0 radical (unpaired) electrons. The van der Waals surface area contributed by atoms with Crippen LogP contribution in [0.5, 0.6) is 0 Å². The van der Waals surface area contributed by atoms with Gasteiger partial charge in [-0.05, 0) is 52.4 Å². The maximum Gasteiger partial charge on any atom is 0.490 e. The van der Waals surface area contributed by atoms with Crippen molar-refractivity contribution in [3.05, 3.63) is 11.5 Å². The third kappa shape index (κ3) is 3.31. The second kappa shape index (κ2) is 5.94. The number of carbonyl (C=O) groups excluding carboxylic acids is 2. The zero-order valence-electron chi connectivity index (χ0n) is 14.8. The molecule has 2 rings (SSSR count). The van der Waals surface area contributed by atoms with E-state index in [-0.39, 0.29) is 5.91 Å². The molecule has 1 aliphatic heterocycles. The first kappa shape index (κ1) is 18.0. The Bertz CT molecular complexity index is 527. The molecule has 1 amide bonds. The largest absolute Gasteiger partial charge is 0.490 e. The summed E-state index contributed by atoms with van der Waals surface area (Å²) in [6, 6.07) is 0. The molecule has 1 atom stereocenters. The number of hydrogen-bond donors (Lipinski definition) is 1. The minimum Gasteiger partial charge on any atom is -0.467 e. The summed E-state index contributed by atoms with van der Waals surface area (Å²) < 4.78 is 17.0. The van der Waals surface area contributed by atoms with Crippen LogP contribution in [0.25, 0.3) is 0 Å². The van der Waals surface area contributed by atoms with E-state index in [1.165, 1.54) is 14.0 Å². The van der Waals surface area contributed by atoms with Gasteiger partial charge in [0.1, 0.15) is 5.54 Å². The van der Waals surface area contributed by atoms with Crippen molar-refractivity contribution in [2.24, 2.45) is 0 Å². The van der Waals surface area contributed by atoms with Crippen LogP contribution in [0.15, 0.2) is 11.5 Å². The van der Waals surface area contributed by atoms with Crippen molar-refractivity contribution in [2.75, 3.05) is 7.11 Å². The van der Waals surface area contributed by atoms with Crippen molar-refractivity contribution in [1.82, 2.24) is 5.32 Å². The topological polar surface area (TPSA) is 73.9 Å². The first-order valence-electron chi connectivity index (χ1n) is 7.95. The smallest absolute Gasteiger partial charge is 0.467 e. The molecule has 1 heterocycles. The number of nitrogens with one attached hydrogen (secondary N) is 1. The summed E-state index contributed by atoms with van der Waals surface area (Å²) in [4.78, 5) is 23.6. The van der Waals surface area contributed by atoms with Gasteiger partial charge in [0.05, 0.1) is 18.3 Å². The van der Waals surface area contributed by atoms with Gasteiger partial charge in [0.15, 0.2) is 0 Å². The third-order valence-electron chi connectivity index (χ3n) is 5.10. The van der Waals surface area contributed by atoms with Crippen LogP contribution < -0.4 is 5.32 Å². The lowest BCUT2D eigenvalue weighted by Crippen LogP contribution is -2.55. The molecule has 0 aromatic heterocycles. The Morgan fingerprint density at radius 2 is 1.78 bits per heavy atom. The highest BCUT2D eigenvalue weighted by Gasteiger charge is 2.53. The van der Waals surface area contributed by atoms with Gasteiger partial charge in [-0.2, -0.15) is 0 Å². The number of rotatable bonds is 3. The molecule has 1 unspecified atom stereocenters. The second-order valence-electron chi connectivity index (χ2n) is 7.33. The number of hydrogen-bond acceptors (Lipinski definition) is 5. The summed E-state index contributed by atoms with van der Waals surface area (Å²) in [6.45, 7) is 9.43. The monoisotopic (exact) mass is 323 g/mol. The molecule has 1 aliphatic carbocycles. The van der Waals surface area contributed by atoms with E-state index in [2.05, 4.69) is 5.32 Å². The Kier molecular flexibility index (Phi) is 4.65. The number of allylic oxidation sites excluding steroid dienone is 1. The van der Waals surface area contributed by atoms with E-state index in [4.69, 9.17) is 14.0 Å². The SMILES string of the molecule is COC(=O)C1(NC(C)=O)CC=C(B2OC(C)(C)C(C)(C)O2)CC1. The van der Waals surface area contributed by atoms with Crippen LogP contribution in [0.3, 0.4) is 0 Å². The molecule has 2 aliphatic rings. The molecular formula is C16H26BNO5. The minimum absolute atomic E-state index is 0.247. The van der Waals surface area contributed by atoms with Crippen LogP contribution in [0.1, 0.15) is 53.9 Å². The first-order valence-corrected chi connectivity index (χ1v) is 7.95. The summed E-state index contributed by atoms with van der Waals surface area (Å²) in [6.07, 6.45) is 3.37. The summed E-state index contributed by atoms with van der Waals surface area (Å²) in [5.41, 5.74) is -0.776. The van der Waals surface area contributed by atoms with Crippen molar-refractivity contribution in [3.8, 4) is 0 Å². The average molecular weight is 323 g/mol. The minimum atomic E-state index is -0.992. The lowest BCUT2D eigenvalue weighted by Gasteiger charge is -2.34. The van der Waals surface area contributed by atoms with Crippen LogP contribution in [-0.4, -0.2) is 42.8 Å². The molecule has 0 saturated carbocycles. The molecule has 0 bridgehead atoms. The van der Waals surface area contributed by atoms with Crippen LogP contribution >= 0.6 is 0 Å². The van der Waals surface area contributed by atoms with Gasteiger partial charge in [0, 0.05) is 6.92 Å². The standard InChI is InChI=1S/C16H26BNO5/c1-11(19)18-16(13(20)21-6)9-7-12(8-10-16)17-22-14(2,3)15(4,5)23-17/h7H,8-10H2,1-6H3,(H,18,19). The molecule has 128 valence electrons. The molecule has 6 nitrogen and oxygen atoms in total. The average Bonchev–Trinajstić information content (AvgIpc) is 2.66. The van der Waals surface area contributed by atoms with Gasteiger partial charge < -0.3 is 19.4 Å². The van der Waals surface area contributed by atoms with Crippen molar-refractivity contribution in [3.63, 3.8) is 0 Å². The number of ether oxygens (including phenoxy) is 1. The van der Waals surface area contributed by atoms with E-state index in [9.17, 15) is 9.59 Å².